The summed E-state index contributed by atoms with van der Waals surface area (Å²) in [7, 11) is 0. The summed E-state index contributed by atoms with van der Waals surface area (Å²) < 4.78 is 87.4. The third-order valence-electron chi connectivity index (χ3n) is 8.99. The minimum absolute atomic E-state index is 0.0160. The molecule has 12 heteroatoms. The number of carboxylic acid groups (broad SMARTS) is 2. The summed E-state index contributed by atoms with van der Waals surface area (Å²) in [6.07, 6.45) is -8.93. The molecular weight excluding hydrogens is 556 g/mol. The van der Waals surface area contributed by atoms with Gasteiger partial charge in [-0.25, -0.2) is 0 Å². The molecule has 3 aliphatic rings. The number of piperidine rings is 2. The van der Waals surface area contributed by atoms with E-state index in [4.69, 9.17) is 4.74 Å². The SMILES string of the molecule is O=C(O)C1CC2CC(C(=O)O)CC(C1)N2Cc1ccc2c(C(F)(F)F)c(O[C@H]3CC[C@@H](C(F)(F)F)CC3)ccc2c1. The molecule has 224 valence electrons. The molecule has 0 atom stereocenters. The van der Waals surface area contributed by atoms with Crippen LogP contribution in [0.15, 0.2) is 30.3 Å². The molecule has 0 aromatic heterocycles. The van der Waals surface area contributed by atoms with Crippen LogP contribution >= 0.6 is 0 Å². The Bertz CT molecular complexity index is 1260. The standard InChI is InChI=1S/C29H31F6NO5/c30-28(31,32)19-3-5-22(6-4-19)41-24-8-2-16-9-15(1-7-23(16)25(24)29(33,34)35)14-36-20-10-17(26(37)38)11-21(36)13-18(12-20)27(39)40/h1-2,7-9,17-22H,3-6,10-14H2,(H,37,38)(H,39,40)/t17?,18?,19-,20?,21?,22+. The van der Waals surface area contributed by atoms with Gasteiger partial charge in [0, 0.05) is 18.6 Å². The summed E-state index contributed by atoms with van der Waals surface area (Å²) >= 11 is 0. The van der Waals surface area contributed by atoms with E-state index < -0.39 is 59.5 Å². The highest BCUT2D eigenvalue weighted by Gasteiger charge is 2.46. The summed E-state index contributed by atoms with van der Waals surface area (Å²) in [5.41, 5.74) is -0.259. The van der Waals surface area contributed by atoms with Gasteiger partial charge in [0.2, 0.25) is 0 Å². The molecule has 2 aliphatic heterocycles. The Kier molecular flexibility index (Phi) is 7.90. The summed E-state index contributed by atoms with van der Waals surface area (Å²) in [5, 5.41) is 19.3. The van der Waals surface area contributed by atoms with Crippen LogP contribution in [-0.4, -0.2) is 51.4 Å². The number of aliphatic carboxylic acids is 2. The number of carbonyl (C=O) groups is 2. The molecule has 0 unspecified atom stereocenters. The first-order valence-electron chi connectivity index (χ1n) is 13.8. The lowest BCUT2D eigenvalue weighted by Gasteiger charge is -2.49. The van der Waals surface area contributed by atoms with Gasteiger partial charge in [-0.2, -0.15) is 26.3 Å². The Hall–Kier alpha value is -3.02. The predicted molar refractivity (Wildman–Crippen MR) is 135 cm³/mol. The number of ether oxygens (including phenoxy) is 1. The fraction of sp³-hybridized carbons (Fsp3) is 0.586. The molecule has 2 aromatic rings. The third kappa shape index (κ3) is 6.27. The van der Waals surface area contributed by atoms with Crippen molar-refractivity contribution in [2.24, 2.45) is 17.8 Å². The smallest absolute Gasteiger partial charge is 0.420 e. The van der Waals surface area contributed by atoms with Crippen LogP contribution < -0.4 is 4.74 Å². The maximum absolute atomic E-state index is 14.3. The van der Waals surface area contributed by atoms with Crippen molar-refractivity contribution in [1.29, 1.82) is 0 Å². The van der Waals surface area contributed by atoms with Crippen molar-refractivity contribution in [2.75, 3.05) is 0 Å². The van der Waals surface area contributed by atoms with Gasteiger partial charge in [-0.3, -0.25) is 14.5 Å². The summed E-state index contributed by atoms with van der Waals surface area (Å²) in [5.74, 6) is -4.83. The van der Waals surface area contributed by atoms with Gasteiger partial charge in [0.15, 0.2) is 0 Å². The van der Waals surface area contributed by atoms with Crippen LogP contribution in [0.3, 0.4) is 0 Å². The molecule has 0 amide bonds. The fourth-order valence-corrected chi connectivity index (χ4v) is 6.95. The zero-order valence-corrected chi connectivity index (χ0v) is 22.0. The van der Waals surface area contributed by atoms with Crippen molar-refractivity contribution in [3.8, 4) is 5.75 Å². The van der Waals surface area contributed by atoms with E-state index in [9.17, 15) is 46.1 Å². The normalized spacial score (nSPS) is 29.3. The molecule has 6 nitrogen and oxygen atoms in total. The topological polar surface area (TPSA) is 87.1 Å². The number of nitrogens with zero attached hydrogens (tertiary/aromatic N) is 1. The molecular formula is C29H31F6NO5. The minimum atomic E-state index is -4.76. The van der Waals surface area contributed by atoms with Crippen LogP contribution in [0.4, 0.5) is 26.3 Å². The van der Waals surface area contributed by atoms with Crippen molar-refractivity contribution in [3.05, 3.63) is 41.5 Å². The highest BCUT2D eigenvalue weighted by atomic mass is 19.4. The molecule has 2 heterocycles. The van der Waals surface area contributed by atoms with Crippen molar-refractivity contribution in [3.63, 3.8) is 0 Å². The van der Waals surface area contributed by atoms with E-state index in [-0.39, 0.29) is 43.2 Å². The number of hydrogen-bond donors (Lipinski definition) is 2. The van der Waals surface area contributed by atoms with Gasteiger partial charge in [-0.15, -0.1) is 0 Å². The predicted octanol–water partition coefficient (Wildman–Crippen LogP) is 6.89. The third-order valence-corrected chi connectivity index (χ3v) is 8.99. The monoisotopic (exact) mass is 587 g/mol. The second-order valence-electron chi connectivity index (χ2n) is 11.6. The molecule has 2 saturated heterocycles. The maximum atomic E-state index is 14.3. The van der Waals surface area contributed by atoms with E-state index in [0.29, 0.717) is 43.2 Å². The number of rotatable bonds is 6. The van der Waals surface area contributed by atoms with Crippen molar-refractivity contribution in [2.45, 2.75) is 88.5 Å². The van der Waals surface area contributed by atoms with Crippen LogP contribution in [0.1, 0.15) is 62.5 Å². The lowest BCUT2D eigenvalue weighted by Crippen LogP contribution is -2.55. The summed E-state index contributed by atoms with van der Waals surface area (Å²) in [4.78, 5) is 25.4. The van der Waals surface area contributed by atoms with Gasteiger partial charge in [0.1, 0.15) is 11.3 Å². The molecule has 1 saturated carbocycles. The number of benzene rings is 2. The molecule has 0 spiro atoms. The number of fused-ring (bicyclic) bond motifs is 3. The van der Waals surface area contributed by atoms with E-state index in [1.807, 2.05) is 0 Å². The van der Waals surface area contributed by atoms with Gasteiger partial charge in [0.25, 0.3) is 0 Å². The first kappa shape index (κ1) is 29.5. The van der Waals surface area contributed by atoms with E-state index in [0.717, 1.165) is 0 Å². The van der Waals surface area contributed by atoms with Crippen LogP contribution in [-0.2, 0) is 22.3 Å². The second kappa shape index (κ2) is 11.0. The zero-order valence-electron chi connectivity index (χ0n) is 22.0. The number of hydrogen-bond acceptors (Lipinski definition) is 4. The second-order valence-corrected chi connectivity index (χ2v) is 11.6. The Balaban J connectivity index is 1.37. The Morgan fingerprint density at radius 2 is 1.39 bits per heavy atom. The first-order valence-corrected chi connectivity index (χ1v) is 13.8. The van der Waals surface area contributed by atoms with Gasteiger partial charge in [-0.1, -0.05) is 18.2 Å². The quantitative estimate of drug-likeness (QED) is 0.358. The van der Waals surface area contributed by atoms with Crippen LogP contribution in [0, 0.1) is 17.8 Å². The zero-order chi connectivity index (χ0) is 29.7. The van der Waals surface area contributed by atoms with Crippen LogP contribution in [0.5, 0.6) is 5.75 Å². The minimum Gasteiger partial charge on any atom is -0.490 e. The Morgan fingerprint density at radius 3 is 1.88 bits per heavy atom. The molecule has 0 radical (unpaired) electrons. The van der Waals surface area contributed by atoms with E-state index >= 15 is 0 Å². The lowest BCUT2D eigenvalue weighted by molar-refractivity contribution is -0.185. The van der Waals surface area contributed by atoms with Crippen molar-refractivity contribution < 1.29 is 50.9 Å². The number of carboxylic acids is 2. The molecule has 1 aliphatic carbocycles. The first-order chi connectivity index (χ1) is 19.2. The number of alkyl halides is 6. The average Bonchev–Trinajstić information content (AvgIpc) is 2.87. The van der Waals surface area contributed by atoms with Crippen LogP contribution in [0.2, 0.25) is 0 Å². The highest BCUT2D eigenvalue weighted by Crippen LogP contribution is 2.45. The molecule has 3 fully saturated rings. The Morgan fingerprint density at radius 1 is 0.829 bits per heavy atom. The van der Waals surface area contributed by atoms with E-state index in [1.54, 1.807) is 12.1 Å². The summed E-state index contributed by atoms with van der Waals surface area (Å²) in [6, 6.07) is 6.75. The largest absolute Gasteiger partial charge is 0.490 e. The van der Waals surface area contributed by atoms with E-state index in [1.165, 1.54) is 18.2 Å². The van der Waals surface area contributed by atoms with Gasteiger partial charge in [0.05, 0.1) is 23.9 Å². The van der Waals surface area contributed by atoms with Crippen molar-refractivity contribution in [1.82, 2.24) is 4.90 Å². The molecule has 5 rings (SSSR count). The molecule has 41 heavy (non-hydrogen) atoms. The Labute approximate surface area is 232 Å². The lowest BCUT2D eigenvalue weighted by atomic mass is 9.74. The number of halogens is 6. The fourth-order valence-electron chi connectivity index (χ4n) is 6.95. The van der Waals surface area contributed by atoms with Crippen molar-refractivity contribution >= 4 is 22.7 Å². The molecule has 2 N–H and O–H groups in total. The summed E-state index contributed by atoms with van der Waals surface area (Å²) in [6.45, 7) is 0.339. The molecule has 2 bridgehead atoms. The van der Waals surface area contributed by atoms with Crippen LogP contribution in [0.25, 0.3) is 10.8 Å². The average molecular weight is 588 g/mol. The van der Waals surface area contributed by atoms with Gasteiger partial charge >= 0.3 is 24.3 Å². The maximum Gasteiger partial charge on any atom is 0.420 e. The molecule has 2 aromatic carbocycles. The van der Waals surface area contributed by atoms with Gasteiger partial charge < -0.3 is 14.9 Å². The van der Waals surface area contributed by atoms with E-state index in [2.05, 4.69) is 4.90 Å². The highest BCUT2D eigenvalue weighted by molar-refractivity contribution is 5.89. The van der Waals surface area contributed by atoms with Gasteiger partial charge in [-0.05, 0) is 79.8 Å².